The Bertz CT molecular complexity index is 490. The number of carboxylic acids is 1. The van der Waals surface area contributed by atoms with E-state index in [0.29, 0.717) is 0 Å². The van der Waals surface area contributed by atoms with E-state index in [0.717, 1.165) is 6.07 Å². The Labute approximate surface area is 101 Å². The van der Waals surface area contributed by atoms with Crippen LogP contribution in [0.25, 0.3) is 0 Å². The molecular weight excluding hydrogens is 248 g/mol. The van der Waals surface area contributed by atoms with Crippen LogP contribution in [0.3, 0.4) is 0 Å². The molecule has 3 N–H and O–H groups in total. The normalized spacial score (nSPS) is 12.0. The lowest BCUT2D eigenvalue weighted by atomic mass is 10.1. The second-order valence-electron chi connectivity index (χ2n) is 3.62. The molecule has 7 heteroatoms. The highest BCUT2D eigenvalue weighted by molar-refractivity contribution is 5.95. The van der Waals surface area contributed by atoms with Crippen LogP contribution in [0.4, 0.5) is 8.78 Å². The second-order valence-corrected chi connectivity index (χ2v) is 3.62. The molecule has 0 unspecified atom stereocenters. The van der Waals surface area contributed by atoms with Gasteiger partial charge in [0, 0.05) is 0 Å². The standard InChI is InChI=1S/C11H11F2NO4/c1-5-2-3-6(12)8(9(5)13)10(16)14-4-7(15)11(17)18/h2-3,7,15H,4H2,1H3,(H,14,16)(H,17,18)/t7-/m0/s1. The molecule has 1 atom stereocenters. The Morgan fingerprint density at radius 1 is 1.39 bits per heavy atom. The monoisotopic (exact) mass is 259 g/mol. The number of aliphatic carboxylic acids is 1. The van der Waals surface area contributed by atoms with E-state index in [2.05, 4.69) is 0 Å². The maximum atomic E-state index is 13.5. The van der Waals surface area contributed by atoms with Gasteiger partial charge in [-0.25, -0.2) is 13.6 Å². The highest BCUT2D eigenvalue weighted by Crippen LogP contribution is 2.15. The first kappa shape index (κ1) is 14.0. The minimum atomic E-state index is -1.83. The predicted octanol–water partition coefficient (Wildman–Crippen LogP) is 0.449. The summed E-state index contributed by atoms with van der Waals surface area (Å²) in [5.41, 5.74) is -0.715. The lowest BCUT2D eigenvalue weighted by molar-refractivity contribution is -0.146. The van der Waals surface area contributed by atoms with E-state index in [1.165, 1.54) is 13.0 Å². The zero-order valence-corrected chi connectivity index (χ0v) is 9.41. The number of rotatable bonds is 4. The van der Waals surface area contributed by atoms with E-state index in [-0.39, 0.29) is 5.56 Å². The zero-order valence-electron chi connectivity index (χ0n) is 9.41. The van der Waals surface area contributed by atoms with Crippen LogP contribution in [-0.4, -0.2) is 34.7 Å². The van der Waals surface area contributed by atoms with Gasteiger partial charge in [-0.3, -0.25) is 4.79 Å². The van der Waals surface area contributed by atoms with E-state index in [1.807, 2.05) is 5.32 Å². The number of amides is 1. The molecule has 5 nitrogen and oxygen atoms in total. The molecule has 0 aliphatic rings. The average Bonchev–Trinajstić information content (AvgIpc) is 2.31. The Hall–Kier alpha value is -2.02. The molecule has 0 fully saturated rings. The van der Waals surface area contributed by atoms with Gasteiger partial charge in [0.05, 0.1) is 6.54 Å². The van der Waals surface area contributed by atoms with E-state index in [4.69, 9.17) is 10.2 Å². The summed E-state index contributed by atoms with van der Waals surface area (Å²) in [6, 6.07) is 2.11. The fraction of sp³-hybridized carbons (Fsp3) is 0.273. The van der Waals surface area contributed by atoms with Crippen molar-refractivity contribution < 1.29 is 28.6 Å². The van der Waals surface area contributed by atoms with Crippen molar-refractivity contribution in [2.45, 2.75) is 13.0 Å². The van der Waals surface area contributed by atoms with E-state index in [9.17, 15) is 18.4 Å². The topological polar surface area (TPSA) is 86.6 Å². The SMILES string of the molecule is Cc1ccc(F)c(C(=O)NC[C@H](O)C(=O)O)c1F. The van der Waals surface area contributed by atoms with Gasteiger partial charge < -0.3 is 15.5 Å². The van der Waals surface area contributed by atoms with Gasteiger partial charge in [-0.15, -0.1) is 0 Å². The predicted molar refractivity (Wildman–Crippen MR) is 57.1 cm³/mol. The molecule has 1 aromatic carbocycles. The summed E-state index contributed by atoms with van der Waals surface area (Å²) in [5.74, 6) is -4.73. The molecule has 1 aromatic rings. The molecule has 0 saturated carbocycles. The molecule has 0 aromatic heterocycles. The minimum absolute atomic E-state index is 0.0836. The molecule has 18 heavy (non-hydrogen) atoms. The second kappa shape index (κ2) is 5.54. The van der Waals surface area contributed by atoms with Crippen LogP contribution < -0.4 is 5.32 Å². The number of aliphatic hydroxyl groups is 1. The number of hydrogen-bond acceptors (Lipinski definition) is 3. The molecule has 0 spiro atoms. The van der Waals surface area contributed by atoms with E-state index >= 15 is 0 Å². The summed E-state index contributed by atoms with van der Waals surface area (Å²) >= 11 is 0. The van der Waals surface area contributed by atoms with Gasteiger partial charge in [0.1, 0.15) is 17.2 Å². The number of nitrogens with one attached hydrogen (secondary N) is 1. The van der Waals surface area contributed by atoms with Crippen LogP contribution in [0.15, 0.2) is 12.1 Å². The Balaban J connectivity index is 2.85. The fourth-order valence-corrected chi connectivity index (χ4v) is 1.23. The van der Waals surface area contributed by atoms with Gasteiger partial charge >= 0.3 is 5.97 Å². The number of carbonyl (C=O) groups excluding carboxylic acids is 1. The summed E-state index contributed by atoms with van der Waals surface area (Å²) in [6.45, 7) is 0.721. The Morgan fingerprint density at radius 3 is 2.56 bits per heavy atom. The number of carbonyl (C=O) groups is 2. The van der Waals surface area contributed by atoms with Crippen molar-refractivity contribution in [3.63, 3.8) is 0 Å². The van der Waals surface area contributed by atoms with Crippen molar-refractivity contribution in [1.82, 2.24) is 5.32 Å². The minimum Gasteiger partial charge on any atom is -0.479 e. The highest BCUT2D eigenvalue weighted by Gasteiger charge is 2.21. The van der Waals surface area contributed by atoms with Gasteiger partial charge in [0.15, 0.2) is 6.10 Å². The summed E-state index contributed by atoms with van der Waals surface area (Å²) in [4.78, 5) is 21.8. The largest absolute Gasteiger partial charge is 0.479 e. The Morgan fingerprint density at radius 2 is 2.00 bits per heavy atom. The van der Waals surface area contributed by atoms with Crippen molar-refractivity contribution >= 4 is 11.9 Å². The Kier molecular flexibility index (Phi) is 4.33. The molecule has 98 valence electrons. The number of hydrogen-bond donors (Lipinski definition) is 3. The maximum absolute atomic E-state index is 13.5. The summed E-state index contributed by atoms with van der Waals surface area (Å²) in [5, 5.41) is 19.2. The van der Waals surface area contributed by atoms with Crippen LogP contribution in [0, 0.1) is 18.6 Å². The zero-order chi connectivity index (χ0) is 13.9. The quantitative estimate of drug-likeness (QED) is 0.732. The van der Waals surface area contributed by atoms with Crippen LogP contribution in [0.1, 0.15) is 15.9 Å². The summed E-state index contributed by atoms with van der Waals surface area (Å²) in [6.07, 6.45) is -1.83. The van der Waals surface area contributed by atoms with Crippen molar-refractivity contribution in [2.24, 2.45) is 0 Å². The van der Waals surface area contributed by atoms with Gasteiger partial charge in [0.25, 0.3) is 5.91 Å². The van der Waals surface area contributed by atoms with Crippen LogP contribution in [0.5, 0.6) is 0 Å². The van der Waals surface area contributed by atoms with E-state index in [1.54, 1.807) is 0 Å². The molecule has 0 aliphatic carbocycles. The van der Waals surface area contributed by atoms with Gasteiger partial charge in [0.2, 0.25) is 0 Å². The van der Waals surface area contributed by atoms with Crippen molar-refractivity contribution in [2.75, 3.05) is 6.54 Å². The number of aryl methyl sites for hydroxylation is 1. The third-order valence-corrected chi connectivity index (χ3v) is 2.25. The lowest BCUT2D eigenvalue weighted by Gasteiger charge is -2.10. The molecule has 0 radical (unpaired) electrons. The molecule has 1 rings (SSSR count). The third kappa shape index (κ3) is 3.01. The molecule has 0 aliphatic heterocycles. The molecule has 1 amide bonds. The number of halogens is 2. The smallest absolute Gasteiger partial charge is 0.334 e. The average molecular weight is 259 g/mol. The maximum Gasteiger partial charge on any atom is 0.334 e. The third-order valence-electron chi connectivity index (χ3n) is 2.25. The molecular formula is C11H11F2NO4. The molecule has 0 heterocycles. The summed E-state index contributed by atoms with van der Waals surface area (Å²) < 4.78 is 26.8. The van der Waals surface area contributed by atoms with Gasteiger partial charge in [-0.2, -0.15) is 0 Å². The first-order valence-electron chi connectivity index (χ1n) is 4.98. The van der Waals surface area contributed by atoms with Crippen LogP contribution in [0.2, 0.25) is 0 Å². The lowest BCUT2D eigenvalue weighted by Crippen LogP contribution is -2.37. The van der Waals surface area contributed by atoms with Gasteiger partial charge in [-0.1, -0.05) is 6.07 Å². The van der Waals surface area contributed by atoms with Crippen LogP contribution in [-0.2, 0) is 4.79 Å². The van der Waals surface area contributed by atoms with Gasteiger partial charge in [-0.05, 0) is 18.6 Å². The molecule has 0 bridgehead atoms. The fourth-order valence-electron chi connectivity index (χ4n) is 1.23. The highest BCUT2D eigenvalue weighted by atomic mass is 19.1. The number of benzene rings is 1. The number of aliphatic hydroxyl groups excluding tert-OH is 1. The van der Waals surface area contributed by atoms with Crippen molar-refractivity contribution in [3.05, 3.63) is 34.9 Å². The summed E-state index contributed by atoms with van der Waals surface area (Å²) in [7, 11) is 0. The first-order chi connectivity index (χ1) is 8.34. The number of carboxylic acid groups (broad SMARTS) is 1. The van der Waals surface area contributed by atoms with Crippen molar-refractivity contribution in [1.29, 1.82) is 0 Å². The van der Waals surface area contributed by atoms with Crippen molar-refractivity contribution in [3.8, 4) is 0 Å². The van der Waals surface area contributed by atoms with Crippen LogP contribution >= 0.6 is 0 Å². The molecule has 0 saturated heterocycles. The van der Waals surface area contributed by atoms with E-state index < -0.39 is 41.7 Å². The first-order valence-corrected chi connectivity index (χ1v) is 4.98.